The predicted molar refractivity (Wildman–Crippen MR) is 118 cm³/mol. The van der Waals surface area contributed by atoms with Gasteiger partial charge >= 0.3 is 0 Å². The first-order valence-corrected chi connectivity index (χ1v) is 10.5. The lowest BCUT2D eigenvalue weighted by Crippen LogP contribution is -2.36. The van der Waals surface area contributed by atoms with Crippen molar-refractivity contribution in [3.05, 3.63) is 45.4 Å². The van der Waals surface area contributed by atoms with E-state index >= 15 is 0 Å². The van der Waals surface area contributed by atoms with E-state index in [4.69, 9.17) is 25.8 Å². The predicted octanol–water partition coefficient (Wildman–Crippen LogP) is 5.35. The van der Waals surface area contributed by atoms with E-state index in [1.54, 1.807) is 7.11 Å². The van der Waals surface area contributed by atoms with Gasteiger partial charge in [0.1, 0.15) is 0 Å². The van der Waals surface area contributed by atoms with E-state index in [1.165, 1.54) is 0 Å². The smallest absolute Gasteiger partial charge is 0.166 e. The van der Waals surface area contributed by atoms with Crippen molar-refractivity contribution in [1.82, 2.24) is 0 Å². The Morgan fingerprint density at radius 1 is 1.21 bits per heavy atom. The molecule has 152 valence electrons. The second kappa shape index (κ2) is 9.72. The quantitative estimate of drug-likeness (QED) is 0.592. The molecule has 0 atom stereocenters. The summed E-state index contributed by atoms with van der Waals surface area (Å²) in [5.41, 5.74) is 3.01. The topological polar surface area (TPSA) is 43.0 Å². The Labute approximate surface area is 180 Å². The van der Waals surface area contributed by atoms with Crippen molar-refractivity contribution >= 4 is 38.9 Å². The van der Waals surface area contributed by atoms with Crippen LogP contribution < -0.4 is 19.7 Å². The number of nitrogens with zero attached hydrogens (tertiary/aromatic N) is 1. The summed E-state index contributed by atoms with van der Waals surface area (Å²) in [4.78, 5) is 2.25. The fourth-order valence-corrected chi connectivity index (χ4v) is 3.93. The molecule has 0 unspecified atom stereocenters. The van der Waals surface area contributed by atoms with Crippen molar-refractivity contribution in [1.29, 1.82) is 0 Å². The monoisotopic (exact) mass is 468 g/mol. The number of morpholine rings is 1. The van der Waals surface area contributed by atoms with E-state index in [0.29, 0.717) is 12.3 Å². The van der Waals surface area contributed by atoms with Gasteiger partial charge in [-0.3, -0.25) is 0 Å². The molecule has 28 heavy (non-hydrogen) atoms. The van der Waals surface area contributed by atoms with E-state index in [0.717, 1.165) is 58.5 Å². The zero-order chi connectivity index (χ0) is 20.1. The molecule has 0 aromatic heterocycles. The van der Waals surface area contributed by atoms with Gasteiger partial charge in [-0.05, 0) is 44.2 Å². The summed E-state index contributed by atoms with van der Waals surface area (Å²) in [6.45, 7) is 7.79. The zero-order valence-corrected chi connectivity index (χ0v) is 18.8. The van der Waals surface area contributed by atoms with Gasteiger partial charge in [0.25, 0.3) is 0 Å². The van der Waals surface area contributed by atoms with Crippen LogP contribution in [0.3, 0.4) is 0 Å². The van der Waals surface area contributed by atoms with Gasteiger partial charge < -0.3 is 24.4 Å². The number of hydrogen-bond acceptors (Lipinski definition) is 5. The first-order valence-electron chi connectivity index (χ1n) is 9.37. The molecule has 1 saturated heterocycles. The molecule has 7 heteroatoms. The van der Waals surface area contributed by atoms with Crippen LogP contribution >= 0.6 is 27.5 Å². The molecule has 0 amide bonds. The number of methoxy groups -OCH3 is 1. The summed E-state index contributed by atoms with van der Waals surface area (Å²) < 4.78 is 17.9. The highest BCUT2D eigenvalue weighted by Crippen LogP contribution is 2.36. The Morgan fingerprint density at radius 3 is 2.61 bits per heavy atom. The molecule has 0 radical (unpaired) electrons. The summed E-state index contributed by atoms with van der Waals surface area (Å²) in [6.07, 6.45) is 0.0519. The van der Waals surface area contributed by atoms with Gasteiger partial charge in [0.05, 0.1) is 37.1 Å². The molecular weight excluding hydrogens is 444 g/mol. The summed E-state index contributed by atoms with van der Waals surface area (Å²) in [6, 6.07) is 10.0. The highest BCUT2D eigenvalue weighted by molar-refractivity contribution is 9.10. The Morgan fingerprint density at radius 2 is 1.96 bits per heavy atom. The average molecular weight is 470 g/mol. The van der Waals surface area contributed by atoms with Crippen molar-refractivity contribution in [2.45, 2.75) is 26.5 Å². The minimum absolute atomic E-state index is 0.0519. The van der Waals surface area contributed by atoms with Crippen molar-refractivity contribution < 1.29 is 14.2 Å². The molecule has 1 aliphatic heterocycles. The SMILES string of the molecule is COc1cc(Br)cc(CNc2ccc(N3CCOCC3)c(Cl)c2)c1OC(C)C. The lowest BCUT2D eigenvalue weighted by Gasteiger charge is -2.29. The van der Waals surface area contributed by atoms with E-state index in [-0.39, 0.29) is 6.10 Å². The van der Waals surface area contributed by atoms with Crippen LogP contribution in [0.15, 0.2) is 34.8 Å². The number of hydrogen-bond donors (Lipinski definition) is 1. The second-order valence-corrected chi connectivity index (χ2v) is 8.20. The van der Waals surface area contributed by atoms with Crippen molar-refractivity contribution in [3.8, 4) is 11.5 Å². The highest BCUT2D eigenvalue weighted by atomic mass is 79.9. The molecule has 2 aromatic rings. The third kappa shape index (κ3) is 5.25. The number of anilines is 2. The molecule has 1 heterocycles. The third-order valence-electron chi connectivity index (χ3n) is 4.45. The average Bonchev–Trinajstić information content (AvgIpc) is 2.68. The van der Waals surface area contributed by atoms with Crippen LogP contribution in [-0.4, -0.2) is 39.5 Å². The van der Waals surface area contributed by atoms with Crippen molar-refractivity contribution in [3.63, 3.8) is 0 Å². The van der Waals surface area contributed by atoms with Crippen LogP contribution in [0.2, 0.25) is 5.02 Å². The van der Waals surface area contributed by atoms with Crippen LogP contribution in [0.25, 0.3) is 0 Å². The number of rotatable bonds is 7. The Bertz CT molecular complexity index is 810. The number of ether oxygens (including phenoxy) is 3. The number of benzene rings is 2. The Balaban J connectivity index is 1.76. The standard InChI is InChI=1S/C21H26BrClN2O3/c1-14(2)28-21-15(10-16(22)11-20(21)26-3)13-24-17-4-5-19(18(23)12-17)25-6-8-27-9-7-25/h4-5,10-12,14,24H,6-9,13H2,1-3H3. The minimum Gasteiger partial charge on any atom is -0.493 e. The maximum atomic E-state index is 6.54. The maximum absolute atomic E-state index is 6.54. The molecule has 0 aliphatic carbocycles. The van der Waals surface area contributed by atoms with Gasteiger partial charge in [-0.1, -0.05) is 27.5 Å². The van der Waals surface area contributed by atoms with E-state index in [1.807, 2.05) is 32.0 Å². The molecular formula is C21H26BrClN2O3. The first kappa shape index (κ1) is 21.1. The van der Waals surface area contributed by atoms with E-state index in [9.17, 15) is 0 Å². The molecule has 2 aromatic carbocycles. The fraction of sp³-hybridized carbons (Fsp3) is 0.429. The Kier molecular flexibility index (Phi) is 7.32. The van der Waals surface area contributed by atoms with Gasteiger partial charge in [-0.15, -0.1) is 0 Å². The van der Waals surface area contributed by atoms with Crippen LogP contribution in [0.5, 0.6) is 11.5 Å². The molecule has 3 rings (SSSR count). The molecule has 0 spiro atoms. The van der Waals surface area contributed by atoms with Crippen LogP contribution in [0.4, 0.5) is 11.4 Å². The summed E-state index contributed by atoms with van der Waals surface area (Å²) in [5, 5.41) is 4.17. The summed E-state index contributed by atoms with van der Waals surface area (Å²) in [5.74, 6) is 1.46. The Hall–Kier alpha value is -1.63. The third-order valence-corrected chi connectivity index (χ3v) is 5.21. The lowest BCUT2D eigenvalue weighted by molar-refractivity contribution is 0.122. The largest absolute Gasteiger partial charge is 0.493 e. The first-order chi connectivity index (χ1) is 13.5. The number of nitrogens with one attached hydrogen (secondary N) is 1. The van der Waals surface area contributed by atoms with Gasteiger partial charge in [-0.25, -0.2) is 0 Å². The van der Waals surface area contributed by atoms with Gasteiger partial charge in [0.2, 0.25) is 0 Å². The van der Waals surface area contributed by atoms with E-state index < -0.39 is 0 Å². The van der Waals surface area contributed by atoms with Gasteiger partial charge in [0, 0.05) is 35.4 Å². The zero-order valence-electron chi connectivity index (χ0n) is 16.4. The van der Waals surface area contributed by atoms with E-state index in [2.05, 4.69) is 38.3 Å². The number of halogens is 2. The second-order valence-electron chi connectivity index (χ2n) is 6.88. The molecule has 0 bridgehead atoms. The minimum atomic E-state index is 0.0519. The van der Waals surface area contributed by atoms with Crippen LogP contribution in [-0.2, 0) is 11.3 Å². The van der Waals surface area contributed by atoms with Crippen molar-refractivity contribution in [2.75, 3.05) is 43.6 Å². The molecule has 5 nitrogen and oxygen atoms in total. The molecule has 1 fully saturated rings. The maximum Gasteiger partial charge on any atom is 0.166 e. The summed E-state index contributed by atoms with van der Waals surface area (Å²) in [7, 11) is 1.65. The van der Waals surface area contributed by atoms with Crippen molar-refractivity contribution in [2.24, 2.45) is 0 Å². The normalized spacial score (nSPS) is 14.3. The van der Waals surface area contributed by atoms with Gasteiger partial charge in [0.15, 0.2) is 11.5 Å². The van der Waals surface area contributed by atoms with Crippen LogP contribution in [0, 0.1) is 0 Å². The molecule has 1 aliphatic rings. The summed E-state index contributed by atoms with van der Waals surface area (Å²) >= 11 is 10.1. The molecule has 1 N–H and O–H groups in total. The molecule has 0 saturated carbocycles. The lowest BCUT2D eigenvalue weighted by atomic mass is 10.1. The fourth-order valence-electron chi connectivity index (χ4n) is 3.15. The van der Waals surface area contributed by atoms with Crippen LogP contribution in [0.1, 0.15) is 19.4 Å². The van der Waals surface area contributed by atoms with Gasteiger partial charge in [-0.2, -0.15) is 0 Å². The highest BCUT2D eigenvalue weighted by Gasteiger charge is 2.16.